The van der Waals surface area contributed by atoms with Crippen LogP contribution in [0.4, 0.5) is 0 Å². The summed E-state index contributed by atoms with van der Waals surface area (Å²) < 4.78 is 5.96. The molecule has 2 aromatic rings. The van der Waals surface area contributed by atoms with Gasteiger partial charge in [0, 0.05) is 0 Å². The van der Waals surface area contributed by atoms with Crippen LogP contribution in [0.2, 0.25) is 0 Å². The molecule has 1 N–H and O–H groups in total. The third-order valence-electron chi connectivity index (χ3n) is 3.53. The third kappa shape index (κ3) is 3.43. The Labute approximate surface area is 125 Å². The summed E-state index contributed by atoms with van der Waals surface area (Å²) >= 11 is 0. The maximum Gasteiger partial charge on any atom is 0.335 e. The summed E-state index contributed by atoms with van der Waals surface area (Å²) in [6.07, 6.45) is 0. The van der Waals surface area contributed by atoms with Crippen LogP contribution in [0.25, 0.3) is 0 Å². The number of aryl methyl sites for hydroxylation is 2. The fourth-order valence-corrected chi connectivity index (χ4v) is 2.05. The van der Waals surface area contributed by atoms with Crippen molar-refractivity contribution in [2.45, 2.75) is 33.6 Å². The molecule has 0 bridgehead atoms. The van der Waals surface area contributed by atoms with Gasteiger partial charge in [-0.25, -0.2) is 4.79 Å². The minimum absolute atomic E-state index is 0.230. The molecule has 0 saturated heterocycles. The molecule has 0 spiro atoms. The van der Waals surface area contributed by atoms with Gasteiger partial charge >= 0.3 is 5.97 Å². The Bertz CT molecular complexity index is 672. The maximum atomic E-state index is 11.1. The number of benzene rings is 2. The number of hydrogen-bond acceptors (Lipinski definition) is 2. The van der Waals surface area contributed by atoms with E-state index < -0.39 is 5.97 Å². The zero-order valence-corrected chi connectivity index (χ0v) is 12.8. The number of carbonyl (C=O) groups is 1. The molecule has 0 saturated carbocycles. The molecule has 2 aromatic carbocycles. The van der Waals surface area contributed by atoms with Crippen LogP contribution in [0.5, 0.6) is 11.5 Å². The summed E-state index contributed by atoms with van der Waals surface area (Å²) in [6, 6.07) is 11.1. The fourth-order valence-electron chi connectivity index (χ4n) is 2.05. The van der Waals surface area contributed by atoms with Crippen LogP contribution in [-0.4, -0.2) is 11.1 Å². The van der Waals surface area contributed by atoms with E-state index in [0.29, 0.717) is 11.7 Å². The molecule has 0 aliphatic carbocycles. The van der Waals surface area contributed by atoms with Gasteiger partial charge in [-0.1, -0.05) is 32.0 Å². The van der Waals surface area contributed by atoms with Gasteiger partial charge in [0.2, 0.25) is 0 Å². The zero-order chi connectivity index (χ0) is 15.6. The van der Waals surface area contributed by atoms with Crippen LogP contribution >= 0.6 is 0 Å². The van der Waals surface area contributed by atoms with Gasteiger partial charge in [-0.3, -0.25) is 0 Å². The van der Waals surface area contributed by atoms with Crippen molar-refractivity contribution in [2.24, 2.45) is 0 Å². The van der Waals surface area contributed by atoms with E-state index in [9.17, 15) is 4.79 Å². The Kier molecular flexibility index (Phi) is 4.32. The molecule has 0 aliphatic rings. The van der Waals surface area contributed by atoms with Crippen molar-refractivity contribution in [1.29, 1.82) is 0 Å². The van der Waals surface area contributed by atoms with E-state index in [1.165, 1.54) is 5.56 Å². The van der Waals surface area contributed by atoms with Crippen molar-refractivity contribution in [3.05, 3.63) is 58.7 Å². The first-order valence-corrected chi connectivity index (χ1v) is 7.01. The van der Waals surface area contributed by atoms with Crippen molar-refractivity contribution in [2.75, 3.05) is 0 Å². The summed E-state index contributed by atoms with van der Waals surface area (Å²) in [4.78, 5) is 11.1. The van der Waals surface area contributed by atoms with Crippen LogP contribution in [0.15, 0.2) is 36.4 Å². The van der Waals surface area contributed by atoms with Crippen LogP contribution in [0.1, 0.15) is 46.8 Å². The third-order valence-corrected chi connectivity index (χ3v) is 3.53. The standard InChI is InChI=1S/C18H20O3/c1-11(2)14-7-5-12(3)16(9-14)21-17-10-15(18(19)20)8-6-13(17)4/h5-11H,1-4H3,(H,19,20). The van der Waals surface area contributed by atoms with E-state index in [0.717, 1.165) is 16.9 Å². The minimum Gasteiger partial charge on any atom is -0.478 e. The number of carboxylic acids is 1. The lowest BCUT2D eigenvalue weighted by Gasteiger charge is -2.14. The van der Waals surface area contributed by atoms with Crippen molar-refractivity contribution in [3.8, 4) is 11.5 Å². The molecule has 0 unspecified atom stereocenters. The van der Waals surface area contributed by atoms with Crippen LogP contribution in [0.3, 0.4) is 0 Å². The molecule has 0 aliphatic heterocycles. The van der Waals surface area contributed by atoms with Gasteiger partial charge in [0.1, 0.15) is 11.5 Å². The molecule has 3 heteroatoms. The van der Waals surface area contributed by atoms with Gasteiger partial charge in [0.05, 0.1) is 5.56 Å². The zero-order valence-electron chi connectivity index (χ0n) is 12.8. The molecule has 0 radical (unpaired) electrons. The van der Waals surface area contributed by atoms with Crippen LogP contribution in [-0.2, 0) is 0 Å². The highest BCUT2D eigenvalue weighted by atomic mass is 16.5. The number of hydrogen-bond donors (Lipinski definition) is 1. The second-order valence-corrected chi connectivity index (χ2v) is 5.57. The highest BCUT2D eigenvalue weighted by Crippen LogP contribution is 2.31. The van der Waals surface area contributed by atoms with Gasteiger partial charge < -0.3 is 9.84 Å². The van der Waals surface area contributed by atoms with E-state index >= 15 is 0 Å². The highest BCUT2D eigenvalue weighted by Gasteiger charge is 2.10. The first kappa shape index (κ1) is 15.1. The SMILES string of the molecule is Cc1ccc(C(=O)O)cc1Oc1cc(C(C)C)ccc1C. The van der Waals surface area contributed by atoms with E-state index in [-0.39, 0.29) is 5.56 Å². The van der Waals surface area contributed by atoms with Crippen LogP contribution < -0.4 is 4.74 Å². The largest absolute Gasteiger partial charge is 0.478 e. The highest BCUT2D eigenvalue weighted by molar-refractivity contribution is 5.88. The molecule has 0 fully saturated rings. The summed E-state index contributed by atoms with van der Waals surface area (Å²) in [7, 11) is 0. The number of aromatic carboxylic acids is 1. The number of ether oxygens (including phenoxy) is 1. The van der Waals surface area contributed by atoms with E-state index in [2.05, 4.69) is 19.9 Å². The Balaban J connectivity index is 2.40. The average Bonchev–Trinajstić information content (AvgIpc) is 2.43. The Morgan fingerprint density at radius 1 is 1.00 bits per heavy atom. The molecule has 0 aromatic heterocycles. The summed E-state index contributed by atoms with van der Waals surface area (Å²) in [6.45, 7) is 8.15. The molecular weight excluding hydrogens is 264 g/mol. The molecule has 110 valence electrons. The number of carboxylic acid groups (broad SMARTS) is 1. The van der Waals surface area contributed by atoms with Gasteiger partial charge in [-0.15, -0.1) is 0 Å². The minimum atomic E-state index is -0.951. The second kappa shape index (κ2) is 6.00. The lowest BCUT2D eigenvalue weighted by molar-refractivity contribution is 0.0696. The summed E-state index contributed by atoms with van der Waals surface area (Å²) in [5.74, 6) is 0.817. The summed E-state index contributed by atoms with van der Waals surface area (Å²) in [5.41, 5.74) is 3.37. The number of rotatable bonds is 4. The lowest BCUT2D eigenvalue weighted by Crippen LogP contribution is -1.99. The smallest absolute Gasteiger partial charge is 0.335 e. The monoisotopic (exact) mass is 284 g/mol. The molecule has 21 heavy (non-hydrogen) atoms. The van der Waals surface area contributed by atoms with Crippen molar-refractivity contribution < 1.29 is 14.6 Å². The quantitative estimate of drug-likeness (QED) is 0.867. The normalized spacial score (nSPS) is 10.7. The molecule has 3 nitrogen and oxygen atoms in total. The van der Waals surface area contributed by atoms with Gasteiger partial charge in [0.25, 0.3) is 0 Å². The predicted molar refractivity (Wildman–Crippen MR) is 83.5 cm³/mol. The average molecular weight is 284 g/mol. The van der Waals surface area contributed by atoms with Crippen molar-refractivity contribution in [1.82, 2.24) is 0 Å². The second-order valence-electron chi connectivity index (χ2n) is 5.57. The molecule has 0 amide bonds. The molecular formula is C18H20O3. The van der Waals surface area contributed by atoms with E-state index in [1.54, 1.807) is 18.2 Å². The predicted octanol–water partition coefficient (Wildman–Crippen LogP) is 4.92. The topological polar surface area (TPSA) is 46.5 Å². The first-order valence-electron chi connectivity index (χ1n) is 7.01. The van der Waals surface area contributed by atoms with Gasteiger partial charge in [-0.05, 0) is 54.7 Å². The van der Waals surface area contributed by atoms with Gasteiger partial charge in [0.15, 0.2) is 0 Å². The van der Waals surface area contributed by atoms with Crippen molar-refractivity contribution >= 4 is 5.97 Å². The van der Waals surface area contributed by atoms with Crippen LogP contribution in [0, 0.1) is 13.8 Å². The molecule has 0 atom stereocenters. The summed E-state index contributed by atoms with van der Waals surface area (Å²) in [5, 5.41) is 9.08. The Morgan fingerprint density at radius 3 is 2.14 bits per heavy atom. The van der Waals surface area contributed by atoms with E-state index in [1.807, 2.05) is 26.0 Å². The maximum absolute atomic E-state index is 11.1. The van der Waals surface area contributed by atoms with Crippen molar-refractivity contribution in [3.63, 3.8) is 0 Å². The molecule has 0 heterocycles. The first-order chi connectivity index (χ1) is 9.88. The fraction of sp³-hybridized carbons (Fsp3) is 0.278. The Morgan fingerprint density at radius 2 is 1.57 bits per heavy atom. The lowest BCUT2D eigenvalue weighted by atomic mass is 10.0. The molecule has 2 rings (SSSR count). The van der Waals surface area contributed by atoms with E-state index in [4.69, 9.17) is 9.84 Å². The van der Waals surface area contributed by atoms with Gasteiger partial charge in [-0.2, -0.15) is 0 Å². The Hall–Kier alpha value is -2.29.